The number of carbonyl (C=O) groups excluding carboxylic acids is 1. The van der Waals surface area contributed by atoms with Crippen molar-refractivity contribution < 1.29 is 29.3 Å². The summed E-state index contributed by atoms with van der Waals surface area (Å²) < 4.78 is 11.0. The average Bonchev–Trinajstić information content (AvgIpc) is 2.99. The number of anilines is 1. The van der Waals surface area contributed by atoms with E-state index < -0.39 is 18.0 Å². The van der Waals surface area contributed by atoms with E-state index >= 15 is 0 Å². The number of carbonyl (C=O) groups is 2. The number of rotatable bonds is 9. The lowest BCUT2D eigenvalue weighted by atomic mass is 10.2. The third-order valence-electron chi connectivity index (χ3n) is 3.08. The van der Waals surface area contributed by atoms with Crippen molar-refractivity contribution >= 4 is 28.3 Å². The smallest absolute Gasteiger partial charge is 0.309 e. The van der Waals surface area contributed by atoms with Gasteiger partial charge in [0.2, 0.25) is 11.8 Å². The molecule has 9 nitrogen and oxygen atoms in total. The van der Waals surface area contributed by atoms with E-state index in [4.69, 9.17) is 19.7 Å². The second kappa shape index (κ2) is 9.28. The van der Waals surface area contributed by atoms with Crippen LogP contribution in [-0.2, 0) is 11.2 Å². The van der Waals surface area contributed by atoms with E-state index in [1.807, 2.05) is 13.8 Å². The molecule has 0 fully saturated rings. The molecule has 0 aliphatic heterocycles. The summed E-state index contributed by atoms with van der Waals surface area (Å²) in [4.78, 5) is 31.5. The molecule has 0 bridgehead atoms. The largest absolute Gasteiger partial charge is 0.481 e. The molecule has 0 spiro atoms. The standard InChI is InChI=1S/C17H21N3O6S/c1-9(2)25-13-4-11(5-14(19-13)26-10(3)7-21)16(24)20-17-18-12(8-27-17)6-15(22)23/h4-5,8-10,21H,6-7H2,1-3H3,(H,22,23)(H,18,20,24)/t10-/m0/s1. The Morgan fingerprint density at radius 1 is 1.19 bits per heavy atom. The lowest BCUT2D eigenvalue weighted by Gasteiger charge is -2.15. The predicted octanol–water partition coefficient (Wildman–Crippen LogP) is 1.96. The number of aliphatic hydroxyl groups is 1. The number of pyridine rings is 1. The SMILES string of the molecule is CC(C)Oc1cc(C(=O)Nc2nc(CC(=O)O)cs2)cc(O[C@@H](C)CO)n1. The van der Waals surface area contributed by atoms with Crippen LogP contribution in [0.4, 0.5) is 5.13 Å². The summed E-state index contributed by atoms with van der Waals surface area (Å²) in [7, 11) is 0. The topological polar surface area (TPSA) is 131 Å². The minimum Gasteiger partial charge on any atom is -0.481 e. The highest BCUT2D eigenvalue weighted by Gasteiger charge is 2.16. The van der Waals surface area contributed by atoms with E-state index in [0.29, 0.717) is 5.69 Å². The highest BCUT2D eigenvalue weighted by Crippen LogP contribution is 2.22. The van der Waals surface area contributed by atoms with Gasteiger partial charge < -0.3 is 19.7 Å². The van der Waals surface area contributed by atoms with Crippen molar-refractivity contribution in [3.05, 3.63) is 28.8 Å². The second-order valence-corrected chi connectivity index (χ2v) is 6.84. The number of nitrogens with zero attached hydrogens (tertiary/aromatic N) is 2. The number of carboxylic acids is 1. The molecule has 0 radical (unpaired) electrons. The van der Waals surface area contributed by atoms with E-state index in [-0.39, 0.29) is 41.6 Å². The Bertz CT molecular complexity index is 808. The van der Waals surface area contributed by atoms with Crippen LogP contribution < -0.4 is 14.8 Å². The highest BCUT2D eigenvalue weighted by atomic mass is 32.1. The van der Waals surface area contributed by atoms with Crippen LogP contribution in [0, 0.1) is 0 Å². The summed E-state index contributed by atoms with van der Waals surface area (Å²) in [5.74, 6) is -1.11. The fraction of sp³-hybridized carbons (Fsp3) is 0.412. The van der Waals surface area contributed by atoms with Gasteiger partial charge in [-0.2, -0.15) is 4.98 Å². The number of ether oxygens (including phenoxy) is 2. The summed E-state index contributed by atoms with van der Waals surface area (Å²) in [6, 6.07) is 2.90. The van der Waals surface area contributed by atoms with Crippen LogP contribution in [0.3, 0.4) is 0 Å². The number of aliphatic hydroxyl groups excluding tert-OH is 1. The van der Waals surface area contributed by atoms with Crippen LogP contribution in [0.15, 0.2) is 17.5 Å². The van der Waals surface area contributed by atoms with Gasteiger partial charge in [0.25, 0.3) is 5.91 Å². The van der Waals surface area contributed by atoms with Gasteiger partial charge in [-0.15, -0.1) is 11.3 Å². The molecule has 1 amide bonds. The van der Waals surface area contributed by atoms with Crippen LogP contribution in [0.5, 0.6) is 11.8 Å². The second-order valence-electron chi connectivity index (χ2n) is 5.98. The third kappa shape index (κ3) is 6.50. The summed E-state index contributed by atoms with van der Waals surface area (Å²) >= 11 is 1.13. The first kappa shape index (κ1) is 20.6. The maximum Gasteiger partial charge on any atom is 0.309 e. The Balaban J connectivity index is 2.20. The van der Waals surface area contributed by atoms with Crippen LogP contribution in [0.2, 0.25) is 0 Å². The molecule has 0 unspecified atom stereocenters. The van der Waals surface area contributed by atoms with Crippen LogP contribution in [0.25, 0.3) is 0 Å². The molecule has 0 saturated heterocycles. The predicted molar refractivity (Wildman–Crippen MR) is 98.6 cm³/mol. The van der Waals surface area contributed by atoms with Crippen LogP contribution in [0.1, 0.15) is 36.8 Å². The van der Waals surface area contributed by atoms with Gasteiger partial charge in [0.15, 0.2) is 5.13 Å². The molecule has 0 aromatic carbocycles. The molecule has 2 aromatic heterocycles. The maximum atomic E-state index is 12.5. The van der Waals surface area contributed by atoms with Crippen LogP contribution in [-0.4, -0.2) is 50.9 Å². The molecule has 1 atom stereocenters. The molecule has 146 valence electrons. The summed E-state index contributed by atoms with van der Waals surface area (Å²) in [5.41, 5.74) is 0.595. The molecule has 0 saturated carbocycles. The van der Waals surface area contributed by atoms with E-state index in [1.54, 1.807) is 12.3 Å². The number of nitrogens with one attached hydrogen (secondary N) is 1. The Morgan fingerprint density at radius 2 is 1.85 bits per heavy atom. The molecule has 0 aliphatic rings. The number of thiazole rings is 1. The lowest BCUT2D eigenvalue weighted by molar-refractivity contribution is -0.136. The van der Waals surface area contributed by atoms with Gasteiger partial charge >= 0.3 is 5.97 Å². The van der Waals surface area contributed by atoms with Gasteiger partial charge in [0.05, 0.1) is 30.4 Å². The number of carboxylic acid groups (broad SMARTS) is 1. The van der Waals surface area contributed by atoms with Gasteiger partial charge in [0.1, 0.15) is 6.10 Å². The van der Waals surface area contributed by atoms with Crippen molar-refractivity contribution in [3.63, 3.8) is 0 Å². The molecule has 2 rings (SSSR count). The van der Waals surface area contributed by atoms with Gasteiger partial charge in [-0.25, -0.2) is 4.98 Å². The normalized spacial score (nSPS) is 11.9. The summed E-state index contributed by atoms with van der Waals surface area (Å²) in [6.45, 7) is 5.11. The zero-order valence-corrected chi connectivity index (χ0v) is 15.9. The Kier molecular flexibility index (Phi) is 7.08. The van der Waals surface area contributed by atoms with Gasteiger partial charge in [0, 0.05) is 17.5 Å². The Morgan fingerprint density at radius 3 is 2.44 bits per heavy atom. The minimum atomic E-state index is -0.998. The number of amides is 1. The Labute approximate surface area is 160 Å². The first-order chi connectivity index (χ1) is 12.8. The van der Waals surface area contributed by atoms with Crippen LogP contribution >= 0.6 is 11.3 Å². The molecular weight excluding hydrogens is 374 g/mol. The average molecular weight is 395 g/mol. The van der Waals surface area contributed by atoms with E-state index in [0.717, 1.165) is 11.3 Å². The Hall–Kier alpha value is -2.72. The highest BCUT2D eigenvalue weighted by molar-refractivity contribution is 7.14. The quantitative estimate of drug-likeness (QED) is 0.587. The van der Waals surface area contributed by atoms with Crippen molar-refractivity contribution in [2.75, 3.05) is 11.9 Å². The van der Waals surface area contributed by atoms with E-state index in [9.17, 15) is 9.59 Å². The molecule has 2 aromatic rings. The van der Waals surface area contributed by atoms with Crippen molar-refractivity contribution in [2.45, 2.75) is 39.4 Å². The van der Waals surface area contributed by atoms with Gasteiger partial charge in [-0.3, -0.25) is 14.9 Å². The van der Waals surface area contributed by atoms with Crippen molar-refractivity contribution in [2.24, 2.45) is 0 Å². The van der Waals surface area contributed by atoms with Gasteiger partial charge in [-0.05, 0) is 20.8 Å². The lowest BCUT2D eigenvalue weighted by Crippen LogP contribution is -2.19. The first-order valence-electron chi connectivity index (χ1n) is 8.20. The maximum absolute atomic E-state index is 12.5. The summed E-state index contributed by atoms with van der Waals surface area (Å²) in [5, 5.41) is 22.4. The number of aliphatic carboxylic acids is 1. The van der Waals surface area contributed by atoms with E-state index in [2.05, 4.69) is 15.3 Å². The fourth-order valence-corrected chi connectivity index (χ4v) is 2.69. The molecule has 0 aliphatic carbocycles. The zero-order valence-electron chi connectivity index (χ0n) is 15.1. The molecule has 27 heavy (non-hydrogen) atoms. The number of hydrogen-bond acceptors (Lipinski definition) is 8. The van der Waals surface area contributed by atoms with E-state index in [1.165, 1.54) is 12.1 Å². The number of hydrogen-bond donors (Lipinski definition) is 3. The molecule has 10 heteroatoms. The fourth-order valence-electron chi connectivity index (χ4n) is 1.99. The number of aromatic nitrogens is 2. The summed E-state index contributed by atoms with van der Waals surface area (Å²) in [6.07, 6.45) is -0.873. The molecule has 3 N–H and O–H groups in total. The zero-order chi connectivity index (χ0) is 20.0. The molecule has 2 heterocycles. The molecular formula is C17H21N3O6S. The van der Waals surface area contributed by atoms with Crippen molar-refractivity contribution in [1.82, 2.24) is 9.97 Å². The van der Waals surface area contributed by atoms with Crippen molar-refractivity contribution in [1.29, 1.82) is 0 Å². The minimum absolute atomic E-state index is 0.144. The van der Waals surface area contributed by atoms with Gasteiger partial charge in [-0.1, -0.05) is 0 Å². The third-order valence-corrected chi connectivity index (χ3v) is 3.89. The monoisotopic (exact) mass is 395 g/mol. The first-order valence-corrected chi connectivity index (χ1v) is 9.08. The van der Waals surface area contributed by atoms with Crippen molar-refractivity contribution in [3.8, 4) is 11.8 Å².